The number of pyridine rings is 1. The van der Waals surface area contributed by atoms with Gasteiger partial charge in [0.2, 0.25) is 27.7 Å². The Labute approximate surface area is 293 Å². The molecule has 2 aliphatic carbocycles. The lowest BCUT2D eigenvalue weighted by Gasteiger charge is -2.36. The maximum absolute atomic E-state index is 14.5. The van der Waals surface area contributed by atoms with E-state index in [0.717, 1.165) is 42.0 Å². The van der Waals surface area contributed by atoms with E-state index >= 15 is 0 Å². The minimum absolute atomic E-state index is 0.0209. The Balaban J connectivity index is 1.33. The minimum atomic E-state index is -3.87. The zero-order valence-electron chi connectivity index (χ0n) is 29.2. The number of carbonyl (C=O) groups excluding carboxylic acids is 4. The van der Waals surface area contributed by atoms with E-state index < -0.39 is 74.1 Å². The molecule has 5 atom stereocenters. The second-order valence-corrected chi connectivity index (χ2v) is 17.3. The molecule has 1 aromatic carbocycles. The van der Waals surface area contributed by atoms with Crippen molar-refractivity contribution < 1.29 is 32.3 Å². The van der Waals surface area contributed by atoms with Crippen molar-refractivity contribution in [1.82, 2.24) is 30.1 Å². The molecular weight excluding hydrogens is 660 g/mol. The summed E-state index contributed by atoms with van der Waals surface area (Å²) in [6.07, 6.45) is 7.23. The molecule has 13 nitrogen and oxygen atoms in total. The number of carbonyl (C=O) groups is 4. The fourth-order valence-electron chi connectivity index (χ4n) is 6.99. The van der Waals surface area contributed by atoms with Gasteiger partial charge in [0.1, 0.15) is 23.7 Å². The van der Waals surface area contributed by atoms with Crippen LogP contribution in [0.2, 0.25) is 0 Å². The third-order valence-corrected chi connectivity index (χ3v) is 12.2. The number of benzene rings is 1. The third-order valence-electron chi connectivity index (χ3n) is 10.4. The normalized spacial score (nSPS) is 27.9. The van der Waals surface area contributed by atoms with Crippen molar-refractivity contribution in [1.29, 1.82) is 0 Å². The van der Waals surface area contributed by atoms with Gasteiger partial charge in [0.05, 0.1) is 11.8 Å². The second kappa shape index (κ2) is 13.5. The minimum Gasteiger partial charge on any atom is -0.472 e. The van der Waals surface area contributed by atoms with E-state index in [2.05, 4.69) is 39.1 Å². The average molecular weight is 709 g/mol. The Hall–Kier alpha value is -4.20. The number of urea groups is 1. The predicted molar refractivity (Wildman–Crippen MR) is 187 cm³/mol. The Kier molecular flexibility index (Phi) is 9.61. The molecule has 50 heavy (non-hydrogen) atoms. The molecule has 2 aliphatic heterocycles. The number of nitrogens with one attached hydrogen (secondary N) is 3. The molecule has 1 aromatic heterocycles. The maximum atomic E-state index is 14.5. The first-order valence-corrected chi connectivity index (χ1v) is 19.0. The number of rotatable bonds is 6. The van der Waals surface area contributed by atoms with Gasteiger partial charge < -0.3 is 25.2 Å². The molecule has 3 N–H and O–H groups in total. The van der Waals surface area contributed by atoms with Gasteiger partial charge in [0.15, 0.2) is 0 Å². The van der Waals surface area contributed by atoms with Crippen molar-refractivity contribution >= 4 is 44.5 Å². The fraction of sp³-hybridized carbons (Fsp3) is 0.583. The molecule has 4 aliphatic rings. The Bertz CT molecular complexity index is 1810. The van der Waals surface area contributed by atoms with Gasteiger partial charge in [-0.15, -0.1) is 6.58 Å². The highest BCUT2D eigenvalue weighted by Crippen LogP contribution is 2.45. The van der Waals surface area contributed by atoms with Crippen molar-refractivity contribution in [2.75, 3.05) is 20.1 Å². The topological polar surface area (TPSA) is 167 Å². The highest BCUT2D eigenvalue weighted by atomic mass is 32.2. The number of hydrogen-bond acceptors (Lipinski definition) is 8. The van der Waals surface area contributed by atoms with E-state index in [-0.39, 0.29) is 19.4 Å². The van der Waals surface area contributed by atoms with Crippen LogP contribution in [0.1, 0.15) is 71.3 Å². The molecule has 4 bridgehead atoms. The number of nitrogens with zero attached hydrogens (tertiary/aromatic N) is 3. The number of hydrogen-bond donors (Lipinski definition) is 3. The van der Waals surface area contributed by atoms with E-state index in [0.29, 0.717) is 25.3 Å². The van der Waals surface area contributed by atoms with E-state index in [9.17, 15) is 27.6 Å². The zero-order chi connectivity index (χ0) is 36.0. The van der Waals surface area contributed by atoms with Crippen LogP contribution in [-0.2, 0) is 30.8 Å². The number of fused-ring (bicyclic) bond motifs is 3. The molecule has 2 saturated carbocycles. The van der Waals surface area contributed by atoms with Gasteiger partial charge in [-0.1, -0.05) is 45.4 Å². The molecule has 270 valence electrons. The van der Waals surface area contributed by atoms with Crippen LogP contribution in [0.15, 0.2) is 43.1 Å². The van der Waals surface area contributed by atoms with Crippen LogP contribution in [0.5, 0.6) is 5.88 Å². The molecule has 6 rings (SSSR count). The molecule has 0 spiro atoms. The van der Waals surface area contributed by atoms with Crippen molar-refractivity contribution in [2.24, 2.45) is 11.3 Å². The molecular formula is C36H48N6O7S. The van der Waals surface area contributed by atoms with E-state index in [1.807, 2.05) is 32.9 Å². The summed E-state index contributed by atoms with van der Waals surface area (Å²) in [6, 6.07) is 5.62. The number of ether oxygens (including phenoxy) is 1. The van der Waals surface area contributed by atoms with Gasteiger partial charge in [-0.05, 0) is 67.0 Å². The lowest BCUT2D eigenvalue weighted by atomic mass is 9.85. The lowest BCUT2D eigenvalue weighted by Crippen LogP contribution is -2.61. The second-order valence-electron chi connectivity index (χ2n) is 15.3. The Morgan fingerprint density at radius 3 is 2.58 bits per heavy atom. The first-order valence-electron chi connectivity index (χ1n) is 17.5. The van der Waals surface area contributed by atoms with Gasteiger partial charge in [-0.3, -0.25) is 19.1 Å². The standard InChI is InChI=1S/C36H48N6O7S/c1-6-24-20-36(24,33(45)40-50(47,48)26-13-14-26)39-30(43)28-19-25-21-42(28)32(44)29(35(2,3)4)38-34(46)41(5)17-9-7-8-10-22-11-12-23-15-16-37-31(49-25)27(23)18-22/h6,11-12,15-16,18,24-26,28-29H,1,7-10,13-14,17,19-21H2,2-5H3,(H,38,46)(H,39,43)(H,40,45)/t24-,25+,28-,29+,36+/m0/s1. The molecule has 1 saturated heterocycles. The highest BCUT2D eigenvalue weighted by molar-refractivity contribution is 7.91. The van der Waals surface area contributed by atoms with Crippen LogP contribution >= 0.6 is 0 Å². The van der Waals surface area contributed by atoms with Gasteiger partial charge >= 0.3 is 6.03 Å². The first kappa shape index (κ1) is 35.6. The smallest absolute Gasteiger partial charge is 0.317 e. The van der Waals surface area contributed by atoms with Crippen LogP contribution in [0.3, 0.4) is 0 Å². The summed E-state index contributed by atoms with van der Waals surface area (Å²) in [6.45, 7) is 9.85. The Morgan fingerprint density at radius 1 is 1.14 bits per heavy atom. The van der Waals surface area contributed by atoms with E-state index in [1.54, 1.807) is 18.1 Å². The monoisotopic (exact) mass is 708 g/mol. The summed E-state index contributed by atoms with van der Waals surface area (Å²) >= 11 is 0. The Morgan fingerprint density at radius 2 is 1.90 bits per heavy atom. The number of aryl methyl sites for hydroxylation is 1. The molecule has 14 heteroatoms. The quantitative estimate of drug-likeness (QED) is 0.385. The molecule has 3 fully saturated rings. The summed E-state index contributed by atoms with van der Waals surface area (Å²) in [5, 5.41) is 6.90. The molecule has 0 radical (unpaired) electrons. The molecule has 5 amide bonds. The van der Waals surface area contributed by atoms with Gasteiger partial charge in [-0.25, -0.2) is 18.2 Å². The average Bonchev–Trinajstić information content (AvgIpc) is 3.99. The molecule has 2 aromatic rings. The number of aromatic nitrogens is 1. The summed E-state index contributed by atoms with van der Waals surface area (Å²) in [5.74, 6) is -2.01. The van der Waals surface area contributed by atoms with Gasteiger partial charge in [0.25, 0.3) is 5.91 Å². The number of amides is 5. The lowest BCUT2D eigenvalue weighted by molar-refractivity contribution is -0.142. The van der Waals surface area contributed by atoms with Crippen LogP contribution in [0.25, 0.3) is 10.8 Å². The van der Waals surface area contributed by atoms with E-state index in [1.165, 1.54) is 11.0 Å². The maximum Gasteiger partial charge on any atom is 0.317 e. The first-order chi connectivity index (χ1) is 23.6. The van der Waals surface area contributed by atoms with Crippen molar-refractivity contribution in [3.8, 4) is 5.88 Å². The predicted octanol–water partition coefficient (Wildman–Crippen LogP) is 3.03. The van der Waals surface area contributed by atoms with Gasteiger partial charge in [0, 0.05) is 37.5 Å². The van der Waals surface area contributed by atoms with E-state index in [4.69, 9.17) is 4.74 Å². The van der Waals surface area contributed by atoms with Crippen molar-refractivity contribution in [3.63, 3.8) is 0 Å². The largest absolute Gasteiger partial charge is 0.472 e. The van der Waals surface area contributed by atoms with Crippen LogP contribution in [0.4, 0.5) is 4.79 Å². The fourth-order valence-corrected chi connectivity index (χ4v) is 8.36. The van der Waals surface area contributed by atoms with Crippen LogP contribution < -0.4 is 20.1 Å². The number of sulfonamides is 1. The summed E-state index contributed by atoms with van der Waals surface area (Å²) < 4.78 is 34.0. The SMILES string of the molecule is C=C[C@H]1C[C@]1(NC(=O)[C@@H]1C[C@@H]2CN1C(=O)[C@H](C(C)(C)C)NC(=O)N(C)CCCCCc1ccc3ccnc(c3c1)O2)C(=O)NS(=O)(=O)C1CC1. The van der Waals surface area contributed by atoms with Crippen LogP contribution in [-0.4, -0.2) is 96.1 Å². The zero-order valence-corrected chi connectivity index (χ0v) is 30.1. The summed E-state index contributed by atoms with van der Waals surface area (Å²) in [4.78, 5) is 63.1. The van der Waals surface area contributed by atoms with Crippen LogP contribution in [0, 0.1) is 11.3 Å². The van der Waals surface area contributed by atoms with Crippen molar-refractivity contribution in [3.05, 3.63) is 48.7 Å². The summed E-state index contributed by atoms with van der Waals surface area (Å²) in [7, 11) is -2.17. The molecule has 0 unspecified atom stereocenters. The molecule has 3 heterocycles. The van der Waals surface area contributed by atoms with Gasteiger partial charge in [-0.2, -0.15) is 0 Å². The third kappa shape index (κ3) is 7.31. The summed E-state index contributed by atoms with van der Waals surface area (Å²) in [5.41, 5.74) is -1.12. The van der Waals surface area contributed by atoms with Crippen molar-refractivity contribution in [2.45, 2.75) is 101 Å². The highest BCUT2D eigenvalue weighted by Gasteiger charge is 2.62.